The van der Waals surface area contributed by atoms with E-state index in [-0.39, 0.29) is 24.2 Å². The van der Waals surface area contributed by atoms with Crippen LogP contribution in [0, 0.1) is 22.9 Å². The van der Waals surface area contributed by atoms with Gasteiger partial charge in [-0.25, -0.2) is 13.2 Å². The maximum absolute atomic E-state index is 13.4. The number of ether oxygens (including phenoxy) is 2. The molecule has 0 amide bonds. The van der Waals surface area contributed by atoms with Crippen molar-refractivity contribution >= 4 is 16.9 Å². The molecule has 1 aliphatic rings. The van der Waals surface area contributed by atoms with Crippen molar-refractivity contribution in [2.24, 2.45) is 11.1 Å². The number of hydrogen-bond acceptors (Lipinski definition) is 6. The average Bonchev–Trinajstić information content (AvgIpc) is 2.92. The van der Waals surface area contributed by atoms with E-state index in [1.165, 1.54) is 0 Å². The van der Waals surface area contributed by atoms with Crippen LogP contribution >= 0.6 is 0 Å². The van der Waals surface area contributed by atoms with E-state index in [4.69, 9.17) is 15.2 Å². The predicted octanol–water partition coefficient (Wildman–Crippen LogP) is 5.08. The number of carbonyl (C=O) groups is 1. The van der Waals surface area contributed by atoms with Gasteiger partial charge in [0.2, 0.25) is 0 Å². The summed E-state index contributed by atoms with van der Waals surface area (Å²) in [6, 6.07) is 7.42. The fourth-order valence-corrected chi connectivity index (χ4v) is 5.50. The first-order valence-corrected chi connectivity index (χ1v) is 13.1. The van der Waals surface area contributed by atoms with Crippen molar-refractivity contribution in [2.75, 3.05) is 33.4 Å². The number of fused-ring (bicyclic) bond motifs is 1. The minimum absolute atomic E-state index is 0.0678. The number of nitrogens with zero attached hydrogens (tertiary/aromatic N) is 2. The SMILES string of the molecule is COc1ccc2ncc(CN)c(CCCC3(CC(=O)O)CCN(CCOc4cc(F)c(F)c(F)c4)CC3)c2c1. The normalized spacial score (nSPS) is 15.4. The van der Waals surface area contributed by atoms with Gasteiger partial charge in [0.05, 0.1) is 19.0 Å². The van der Waals surface area contributed by atoms with Crippen LogP contribution in [0.2, 0.25) is 0 Å². The van der Waals surface area contributed by atoms with Gasteiger partial charge in [0.25, 0.3) is 0 Å². The highest BCUT2D eigenvalue weighted by atomic mass is 19.2. The molecule has 0 unspecified atom stereocenters. The zero-order chi connectivity index (χ0) is 28.0. The number of aliphatic carboxylic acids is 1. The summed E-state index contributed by atoms with van der Waals surface area (Å²) in [5.41, 5.74) is 8.65. The maximum atomic E-state index is 13.4. The van der Waals surface area contributed by atoms with E-state index >= 15 is 0 Å². The second-order valence-corrected chi connectivity index (χ2v) is 10.2. The van der Waals surface area contributed by atoms with Crippen LogP contribution in [0.4, 0.5) is 13.2 Å². The largest absolute Gasteiger partial charge is 0.497 e. The molecule has 0 atom stereocenters. The highest BCUT2D eigenvalue weighted by Crippen LogP contribution is 2.40. The fourth-order valence-electron chi connectivity index (χ4n) is 5.50. The van der Waals surface area contributed by atoms with Crippen molar-refractivity contribution in [1.29, 1.82) is 0 Å². The van der Waals surface area contributed by atoms with E-state index in [9.17, 15) is 23.1 Å². The molecular weight excluding hydrogens is 511 g/mol. The Morgan fingerprint density at radius 1 is 1.13 bits per heavy atom. The maximum Gasteiger partial charge on any atom is 0.303 e. The van der Waals surface area contributed by atoms with Crippen molar-refractivity contribution in [2.45, 2.75) is 45.1 Å². The van der Waals surface area contributed by atoms with Crippen LogP contribution in [0.25, 0.3) is 10.9 Å². The number of aromatic nitrogens is 1. The topological polar surface area (TPSA) is 97.9 Å². The second kappa shape index (κ2) is 12.7. The van der Waals surface area contributed by atoms with Crippen LogP contribution in [-0.2, 0) is 17.8 Å². The molecule has 1 aliphatic heterocycles. The third-order valence-corrected chi connectivity index (χ3v) is 7.71. The molecule has 4 rings (SSSR count). The number of hydrogen-bond donors (Lipinski definition) is 2. The summed E-state index contributed by atoms with van der Waals surface area (Å²) in [6.07, 6.45) is 5.66. The lowest BCUT2D eigenvalue weighted by molar-refractivity contribution is -0.140. The summed E-state index contributed by atoms with van der Waals surface area (Å²) in [5, 5.41) is 10.7. The summed E-state index contributed by atoms with van der Waals surface area (Å²) in [7, 11) is 1.62. The van der Waals surface area contributed by atoms with Crippen molar-refractivity contribution in [3.63, 3.8) is 0 Å². The van der Waals surface area contributed by atoms with Crippen molar-refractivity contribution in [3.05, 3.63) is 65.1 Å². The van der Waals surface area contributed by atoms with Gasteiger partial charge in [0, 0.05) is 36.8 Å². The fraction of sp³-hybridized carbons (Fsp3) is 0.448. The lowest BCUT2D eigenvalue weighted by Crippen LogP contribution is -2.42. The Bertz CT molecular complexity index is 1280. The molecule has 39 heavy (non-hydrogen) atoms. The number of nitrogens with two attached hydrogens (primary N) is 1. The first-order chi connectivity index (χ1) is 18.7. The molecule has 7 nitrogen and oxygen atoms in total. The summed E-state index contributed by atoms with van der Waals surface area (Å²) < 4.78 is 50.8. The van der Waals surface area contributed by atoms with E-state index in [1.807, 2.05) is 24.4 Å². The van der Waals surface area contributed by atoms with Gasteiger partial charge in [-0.3, -0.25) is 14.7 Å². The van der Waals surface area contributed by atoms with Crippen LogP contribution < -0.4 is 15.2 Å². The highest BCUT2D eigenvalue weighted by molar-refractivity contribution is 5.84. The van der Waals surface area contributed by atoms with Gasteiger partial charge in [-0.1, -0.05) is 0 Å². The van der Waals surface area contributed by atoms with Gasteiger partial charge in [-0.2, -0.15) is 0 Å². The van der Waals surface area contributed by atoms with E-state index < -0.39 is 23.4 Å². The molecule has 1 fully saturated rings. The van der Waals surface area contributed by atoms with Gasteiger partial charge < -0.3 is 20.3 Å². The third-order valence-electron chi connectivity index (χ3n) is 7.71. The standard InChI is InChI=1S/C29H34F3N3O4/c1-38-20-4-5-26-23(13-20)22(19(17-33)18-34-26)3-2-6-29(16-27(36)37)7-9-35(10-8-29)11-12-39-21-14-24(30)28(32)25(31)15-21/h4-5,13-15,18H,2-3,6-12,16-17,33H2,1H3,(H,36,37). The average molecular weight is 546 g/mol. The van der Waals surface area contributed by atoms with E-state index in [0.29, 0.717) is 39.0 Å². The first kappa shape index (κ1) is 28.6. The molecule has 10 heteroatoms. The summed E-state index contributed by atoms with van der Waals surface area (Å²) in [4.78, 5) is 18.4. The lowest BCUT2D eigenvalue weighted by Gasteiger charge is -2.41. The Kier molecular flexibility index (Phi) is 9.29. The zero-order valence-corrected chi connectivity index (χ0v) is 22.0. The number of carboxylic acids is 1. The Balaban J connectivity index is 1.36. The van der Waals surface area contributed by atoms with E-state index in [1.54, 1.807) is 7.11 Å². The third kappa shape index (κ3) is 6.99. The first-order valence-electron chi connectivity index (χ1n) is 13.1. The minimum atomic E-state index is -1.52. The molecule has 0 bridgehead atoms. The molecule has 0 aliphatic carbocycles. The van der Waals surface area contributed by atoms with E-state index in [2.05, 4.69) is 9.88 Å². The summed E-state index contributed by atoms with van der Waals surface area (Å²) >= 11 is 0. The number of rotatable bonds is 12. The van der Waals surface area contributed by atoms with Crippen LogP contribution in [-0.4, -0.2) is 54.3 Å². The van der Waals surface area contributed by atoms with Gasteiger partial charge >= 0.3 is 5.97 Å². The Morgan fingerprint density at radius 3 is 2.49 bits per heavy atom. The number of piperidine rings is 1. The number of aryl methyl sites for hydroxylation is 1. The Hall–Kier alpha value is -3.37. The molecule has 1 saturated heterocycles. The molecular formula is C29H34F3N3O4. The highest BCUT2D eigenvalue weighted by Gasteiger charge is 2.36. The van der Waals surface area contributed by atoms with Crippen LogP contribution in [0.1, 0.15) is 43.2 Å². The number of benzene rings is 2. The predicted molar refractivity (Wildman–Crippen MR) is 141 cm³/mol. The summed E-state index contributed by atoms with van der Waals surface area (Å²) in [5.74, 6) is -4.24. The Labute approximate surface area is 225 Å². The number of pyridine rings is 1. The second-order valence-electron chi connectivity index (χ2n) is 10.2. The van der Waals surface area contributed by atoms with Gasteiger partial charge in [0.15, 0.2) is 17.5 Å². The van der Waals surface area contributed by atoms with Gasteiger partial charge in [-0.15, -0.1) is 0 Å². The molecule has 3 aromatic rings. The molecule has 2 aromatic carbocycles. The van der Waals surface area contributed by atoms with Gasteiger partial charge in [-0.05, 0) is 79.9 Å². The van der Waals surface area contributed by atoms with Crippen molar-refractivity contribution in [3.8, 4) is 11.5 Å². The minimum Gasteiger partial charge on any atom is -0.497 e. The van der Waals surface area contributed by atoms with Crippen LogP contribution in [0.15, 0.2) is 36.5 Å². The quantitative estimate of drug-likeness (QED) is 0.307. The number of likely N-dealkylation sites (tertiary alicyclic amines) is 1. The van der Waals surface area contributed by atoms with Crippen molar-refractivity contribution < 1.29 is 32.5 Å². The molecule has 0 radical (unpaired) electrons. The summed E-state index contributed by atoms with van der Waals surface area (Å²) in [6.45, 7) is 2.42. The number of carboxylic acid groups (broad SMARTS) is 1. The lowest BCUT2D eigenvalue weighted by atomic mass is 9.72. The van der Waals surface area contributed by atoms with Crippen LogP contribution in [0.5, 0.6) is 11.5 Å². The van der Waals surface area contributed by atoms with Gasteiger partial charge in [0.1, 0.15) is 18.1 Å². The zero-order valence-electron chi connectivity index (χ0n) is 22.0. The smallest absolute Gasteiger partial charge is 0.303 e. The number of halogens is 3. The Morgan fingerprint density at radius 2 is 1.85 bits per heavy atom. The van der Waals surface area contributed by atoms with Crippen LogP contribution in [0.3, 0.4) is 0 Å². The van der Waals surface area contributed by atoms with Crippen molar-refractivity contribution in [1.82, 2.24) is 9.88 Å². The molecule has 2 heterocycles. The van der Waals surface area contributed by atoms with E-state index in [0.717, 1.165) is 59.2 Å². The molecule has 210 valence electrons. The monoisotopic (exact) mass is 545 g/mol. The molecule has 0 spiro atoms. The molecule has 0 saturated carbocycles. The molecule has 3 N–H and O–H groups in total. The number of methoxy groups -OCH3 is 1. The molecule has 1 aromatic heterocycles.